The van der Waals surface area contributed by atoms with Crippen molar-refractivity contribution in [3.05, 3.63) is 69.8 Å². The van der Waals surface area contributed by atoms with E-state index < -0.39 is 4.92 Å². The third kappa shape index (κ3) is 2.52. The molecule has 0 spiro atoms. The standard InChI is InChI=1S/C19H20N2O3/c1-19(2)15-6-4-5-7-16(15)20(3)18(19)11-8-13-12-14(21(23)24)9-10-17(13)22/h4-12,18,22H,1-3H3/b11-8-. The number of hydrogen-bond acceptors (Lipinski definition) is 4. The van der Waals surface area contributed by atoms with Gasteiger partial charge in [-0.1, -0.05) is 44.2 Å². The molecule has 2 aromatic rings. The number of phenolic OH excluding ortho intramolecular Hbond substituents is 1. The fraction of sp³-hybridized carbons (Fsp3) is 0.263. The molecule has 5 heteroatoms. The Morgan fingerprint density at radius 3 is 2.62 bits per heavy atom. The van der Waals surface area contributed by atoms with E-state index >= 15 is 0 Å². The minimum atomic E-state index is -0.460. The Kier molecular flexibility index (Phi) is 3.79. The van der Waals surface area contributed by atoms with Gasteiger partial charge >= 0.3 is 0 Å². The van der Waals surface area contributed by atoms with E-state index in [0.29, 0.717) is 5.56 Å². The number of aromatic hydroxyl groups is 1. The van der Waals surface area contributed by atoms with Crippen LogP contribution < -0.4 is 4.90 Å². The van der Waals surface area contributed by atoms with Crippen molar-refractivity contribution in [3.8, 4) is 5.75 Å². The van der Waals surface area contributed by atoms with E-state index in [4.69, 9.17) is 0 Å². The first kappa shape index (κ1) is 16.1. The lowest BCUT2D eigenvalue weighted by Crippen LogP contribution is -2.37. The number of para-hydroxylation sites is 1. The van der Waals surface area contributed by atoms with Crippen molar-refractivity contribution in [1.82, 2.24) is 0 Å². The number of benzene rings is 2. The Balaban J connectivity index is 1.96. The third-order valence-corrected chi connectivity index (χ3v) is 4.81. The minimum absolute atomic E-state index is 0.0326. The highest BCUT2D eigenvalue weighted by Crippen LogP contribution is 2.44. The van der Waals surface area contributed by atoms with E-state index in [1.54, 1.807) is 6.08 Å². The predicted molar refractivity (Wildman–Crippen MR) is 95.5 cm³/mol. The van der Waals surface area contributed by atoms with Crippen LogP contribution in [0, 0.1) is 10.1 Å². The topological polar surface area (TPSA) is 66.6 Å². The van der Waals surface area contributed by atoms with Gasteiger partial charge in [0.15, 0.2) is 0 Å². The largest absolute Gasteiger partial charge is 0.507 e. The number of hydrogen-bond donors (Lipinski definition) is 1. The van der Waals surface area contributed by atoms with Gasteiger partial charge in [0.2, 0.25) is 0 Å². The minimum Gasteiger partial charge on any atom is -0.507 e. The van der Waals surface area contributed by atoms with Crippen LogP contribution in [0.3, 0.4) is 0 Å². The van der Waals surface area contributed by atoms with Crippen molar-refractivity contribution in [3.63, 3.8) is 0 Å². The maximum Gasteiger partial charge on any atom is 0.270 e. The average Bonchev–Trinajstić information content (AvgIpc) is 2.74. The summed E-state index contributed by atoms with van der Waals surface area (Å²) in [6, 6.07) is 12.4. The number of nitro groups is 1. The predicted octanol–water partition coefficient (Wildman–Crippen LogP) is 4.11. The molecule has 1 heterocycles. The van der Waals surface area contributed by atoms with Crippen LogP contribution in [0.25, 0.3) is 6.08 Å². The summed E-state index contributed by atoms with van der Waals surface area (Å²) in [5.74, 6) is 0.0350. The zero-order valence-electron chi connectivity index (χ0n) is 13.9. The summed E-state index contributed by atoms with van der Waals surface area (Å²) in [5, 5.41) is 20.9. The van der Waals surface area contributed by atoms with Crippen LogP contribution in [0.2, 0.25) is 0 Å². The van der Waals surface area contributed by atoms with Crippen LogP contribution in [0.4, 0.5) is 11.4 Å². The Morgan fingerprint density at radius 2 is 1.96 bits per heavy atom. The lowest BCUT2D eigenvalue weighted by molar-refractivity contribution is -0.384. The Morgan fingerprint density at radius 1 is 1.25 bits per heavy atom. The second-order valence-corrected chi connectivity index (χ2v) is 6.65. The normalized spacial score (nSPS) is 18.8. The first-order chi connectivity index (χ1) is 11.3. The highest BCUT2D eigenvalue weighted by Gasteiger charge is 2.41. The summed E-state index contributed by atoms with van der Waals surface area (Å²) in [6.07, 6.45) is 3.76. The molecule has 1 aliphatic rings. The monoisotopic (exact) mass is 324 g/mol. The summed E-state index contributed by atoms with van der Waals surface area (Å²) in [7, 11) is 2.04. The van der Waals surface area contributed by atoms with E-state index in [0.717, 1.165) is 0 Å². The van der Waals surface area contributed by atoms with Crippen LogP contribution in [0.5, 0.6) is 5.75 Å². The number of likely N-dealkylation sites (N-methyl/N-ethyl adjacent to an activating group) is 1. The highest BCUT2D eigenvalue weighted by molar-refractivity contribution is 5.68. The maximum atomic E-state index is 10.9. The summed E-state index contributed by atoms with van der Waals surface area (Å²) < 4.78 is 0. The lowest BCUT2D eigenvalue weighted by atomic mass is 9.80. The molecule has 5 nitrogen and oxygen atoms in total. The van der Waals surface area contributed by atoms with Gasteiger partial charge in [-0.15, -0.1) is 0 Å². The van der Waals surface area contributed by atoms with E-state index in [9.17, 15) is 15.2 Å². The molecule has 124 valence electrons. The van der Waals surface area contributed by atoms with Crippen LogP contribution in [0.15, 0.2) is 48.5 Å². The van der Waals surface area contributed by atoms with E-state index in [1.807, 2.05) is 25.3 Å². The van der Waals surface area contributed by atoms with Crippen LogP contribution in [-0.2, 0) is 5.41 Å². The molecule has 2 aromatic carbocycles. The molecular weight excluding hydrogens is 304 g/mol. The van der Waals surface area contributed by atoms with Crippen molar-refractivity contribution < 1.29 is 10.0 Å². The molecule has 1 unspecified atom stereocenters. The maximum absolute atomic E-state index is 10.9. The summed E-state index contributed by atoms with van der Waals surface area (Å²) in [6.45, 7) is 4.36. The van der Waals surface area contributed by atoms with E-state index in [-0.39, 0.29) is 22.9 Å². The van der Waals surface area contributed by atoms with Gasteiger partial charge in [-0.25, -0.2) is 0 Å². The second-order valence-electron chi connectivity index (χ2n) is 6.65. The number of anilines is 1. The summed E-state index contributed by atoms with van der Waals surface area (Å²) in [5.41, 5.74) is 2.77. The van der Waals surface area contributed by atoms with Crippen LogP contribution in [-0.4, -0.2) is 23.1 Å². The van der Waals surface area contributed by atoms with Crippen LogP contribution in [0.1, 0.15) is 25.0 Å². The first-order valence-corrected chi connectivity index (χ1v) is 7.80. The molecule has 1 aliphatic heterocycles. The smallest absolute Gasteiger partial charge is 0.270 e. The van der Waals surface area contributed by atoms with E-state index in [1.165, 1.54) is 29.4 Å². The van der Waals surface area contributed by atoms with Crippen molar-refractivity contribution in [2.45, 2.75) is 25.3 Å². The summed E-state index contributed by atoms with van der Waals surface area (Å²) >= 11 is 0. The molecule has 0 amide bonds. The number of non-ortho nitro benzene ring substituents is 1. The molecule has 0 bridgehead atoms. The fourth-order valence-electron chi connectivity index (χ4n) is 3.47. The van der Waals surface area contributed by atoms with Gasteiger partial charge in [0.1, 0.15) is 5.75 Å². The van der Waals surface area contributed by atoms with Gasteiger partial charge in [0, 0.05) is 35.8 Å². The number of rotatable bonds is 3. The molecule has 0 radical (unpaired) electrons. The van der Waals surface area contributed by atoms with Gasteiger partial charge in [0.05, 0.1) is 11.0 Å². The fourth-order valence-corrected chi connectivity index (χ4v) is 3.47. The summed E-state index contributed by atoms with van der Waals surface area (Å²) in [4.78, 5) is 12.7. The van der Waals surface area contributed by atoms with Gasteiger partial charge < -0.3 is 10.0 Å². The number of phenols is 1. The van der Waals surface area contributed by atoms with Gasteiger partial charge in [-0.05, 0) is 17.7 Å². The molecule has 0 saturated heterocycles. The molecule has 1 N–H and O–H groups in total. The molecule has 0 aliphatic carbocycles. The van der Waals surface area contributed by atoms with Crippen LogP contribution >= 0.6 is 0 Å². The van der Waals surface area contributed by atoms with Crippen molar-refractivity contribution in [2.24, 2.45) is 0 Å². The molecule has 1 atom stereocenters. The van der Waals surface area contributed by atoms with Crippen molar-refractivity contribution in [2.75, 3.05) is 11.9 Å². The zero-order valence-corrected chi connectivity index (χ0v) is 13.9. The Bertz CT molecular complexity index is 827. The number of nitrogens with zero attached hydrogens (tertiary/aromatic N) is 2. The molecule has 0 fully saturated rings. The number of nitro benzene ring substituents is 1. The van der Waals surface area contributed by atoms with Crippen molar-refractivity contribution >= 4 is 17.5 Å². The third-order valence-electron chi connectivity index (χ3n) is 4.81. The van der Waals surface area contributed by atoms with E-state index in [2.05, 4.69) is 30.9 Å². The van der Waals surface area contributed by atoms with Gasteiger partial charge in [-0.3, -0.25) is 10.1 Å². The second kappa shape index (κ2) is 5.67. The van der Waals surface area contributed by atoms with Gasteiger partial charge in [-0.2, -0.15) is 0 Å². The Labute approximate surface area is 141 Å². The van der Waals surface area contributed by atoms with Crippen molar-refractivity contribution in [1.29, 1.82) is 0 Å². The highest BCUT2D eigenvalue weighted by atomic mass is 16.6. The number of fused-ring (bicyclic) bond motifs is 1. The quantitative estimate of drug-likeness (QED) is 0.681. The molecule has 0 saturated carbocycles. The average molecular weight is 324 g/mol. The molecular formula is C19H20N2O3. The lowest BCUT2D eigenvalue weighted by Gasteiger charge is -2.29. The molecule has 3 rings (SSSR count). The zero-order chi connectivity index (χ0) is 17.5. The Hall–Kier alpha value is -2.82. The molecule has 0 aromatic heterocycles. The molecule has 24 heavy (non-hydrogen) atoms. The SMILES string of the molecule is CN1c2ccccc2C(C)(C)C1/C=C\c1cc([N+](=O)[O-])ccc1O. The first-order valence-electron chi connectivity index (χ1n) is 7.80. The van der Waals surface area contributed by atoms with Gasteiger partial charge in [0.25, 0.3) is 5.69 Å².